The van der Waals surface area contributed by atoms with Crippen molar-refractivity contribution in [1.82, 2.24) is 4.57 Å². The number of hydrogen-bond donors (Lipinski definition) is 0. The van der Waals surface area contributed by atoms with Crippen LogP contribution in [0.2, 0.25) is 0 Å². The van der Waals surface area contributed by atoms with Gasteiger partial charge < -0.3 is 4.57 Å². The largest absolute Gasteiger partial charge is 0.309 e. The van der Waals surface area contributed by atoms with Gasteiger partial charge in [-0.05, 0) is 85.6 Å². The van der Waals surface area contributed by atoms with Crippen LogP contribution in [0.25, 0.3) is 60.5 Å². The Hall–Kier alpha value is -5.92. The van der Waals surface area contributed by atoms with Gasteiger partial charge in [0.15, 0.2) is 0 Å². The molecule has 0 bridgehead atoms. The molecule has 1 heterocycles. The molecule has 9 rings (SSSR count). The van der Waals surface area contributed by atoms with Gasteiger partial charge in [-0.1, -0.05) is 146 Å². The van der Waals surface area contributed by atoms with E-state index < -0.39 is 0 Å². The summed E-state index contributed by atoms with van der Waals surface area (Å²) in [5, 5.41) is 5.04. The molecule has 0 fully saturated rings. The van der Waals surface area contributed by atoms with Gasteiger partial charge in [0, 0.05) is 22.4 Å². The summed E-state index contributed by atoms with van der Waals surface area (Å²) < 4.78 is 2.37. The summed E-state index contributed by atoms with van der Waals surface area (Å²) in [6.07, 6.45) is 2.43. The first-order chi connectivity index (χ1) is 22.7. The Bertz CT molecular complexity index is 2480. The molecule has 0 aliphatic heterocycles. The predicted molar refractivity (Wildman–Crippen MR) is 195 cm³/mol. The lowest BCUT2D eigenvalue weighted by atomic mass is 9.74. The van der Waals surface area contributed by atoms with Crippen molar-refractivity contribution in [3.63, 3.8) is 0 Å². The van der Waals surface area contributed by atoms with Crippen LogP contribution in [0.3, 0.4) is 0 Å². The Morgan fingerprint density at radius 2 is 1.15 bits per heavy atom. The highest BCUT2D eigenvalue weighted by Gasteiger charge is 2.27. The lowest BCUT2D eigenvalue weighted by Crippen LogP contribution is -2.09. The first kappa shape index (κ1) is 26.5. The maximum absolute atomic E-state index is 4.71. The van der Waals surface area contributed by atoms with Crippen LogP contribution in [0.5, 0.6) is 0 Å². The third-order valence-electron chi connectivity index (χ3n) is 9.60. The number of fused-ring (bicyclic) bond motifs is 6. The predicted octanol–water partition coefficient (Wildman–Crippen LogP) is 11.8. The van der Waals surface area contributed by atoms with Gasteiger partial charge in [0.05, 0.1) is 11.0 Å². The quantitative estimate of drug-likeness (QED) is 0.194. The molecule has 46 heavy (non-hydrogen) atoms. The van der Waals surface area contributed by atoms with Crippen LogP contribution in [0.1, 0.15) is 28.2 Å². The summed E-state index contributed by atoms with van der Waals surface area (Å²) in [6, 6.07) is 59.3. The molecule has 7 aromatic carbocycles. The smallest absolute Gasteiger partial charge is 0.0541 e. The van der Waals surface area contributed by atoms with Gasteiger partial charge in [-0.3, -0.25) is 0 Å². The van der Waals surface area contributed by atoms with E-state index in [4.69, 9.17) is 6.58 Å². The van der Waals surface area contributed by atoms with Crippen LogP contribution >= 0.6 is 0 Å². The molecule has 8 aromatic rings. The average molecular weight is 586 g/mol. The second-order valence-corrected chi connectivity index (χ2v) is 12.2. The first-order valence-electron chi connectivity index (χ1n) is 15.9. The molecule has 1 aliphatic carbocycles. The fraction of sp³-hybridized carbons (Fsp3) is 0.0222. The molecule has 0 radical (unpaired) electrons. The third-order valence-corrected chi connectivity index (χ3v) is 9.60. The Kier molecular flexibility index (Phi) is 6.11. The van der Waals surface area contributed by atoms with Gasteiger partial charge in [0.1, 0.15) is 0 Å². The van der Waals surface area contributed by atoms with E-state index >= 15 is 0 Å². The minimum absolute atomic E-state index is 0.0625. The molecule has 1 aromatic heterocycles. The lowest BCUT2D eigenvalue weighted by Gasteiger charge is -2.29. The first-order valence-corrected chi connectivity index (χ1v) is 15.9. The SMILES string of the molecule is C=C1c2ccc3ccccc3c2C(c2ccccc2)=CC1c1cccc(-c2ccc3c(c2)c2ccccc2n3-c2ccccc2)c1. The number of nitrogens with zero attached hydrogens (tertiary/aromatic N) is 1. The fourth-order valence-corrected chi connectivity index (χ4v) is 7.42. The van der Waals surface area contributed by atoms with E-state index in [1.54, 1.807) is 0 Å². The van der Waals surface area contributed by atoms with Gasteiger partial charge in [0.2, 0.25) is 0 Å². The van der Waals surface area contributed by atoms with Crippen molar-refractivity contribution in [1.29, 1.82) is 0 Å². The minimum Gasteiger partial charge on any atom is -0.309 e. The van der Waals surface area contributed by atoms with Crippen LogP contribution < -0.4 is 0 Å². The van der Waals surface area contributed by atoms with E-state index in [9.17, 15) is 0 Å². The Balaban J connectivity index is 1.19. The molecule has 0 spiro atoms. The van der Waals surface area contributed by atoms with Gasteiger partial charge in [0.25, 0.3) is 0 Å². The van der Waals surface area contributed by atoms with Crippen LogP contribution in [0.15, 0.2) is 176 Å². The van der Waals surface area contributed by atoms with Crippen molar-refractivity contribution in [2.45, 2.75) is 5.92 Å². The molecule has 1 nitrogen and oxygen atoms in total. The van der Waals surface area contributed by atoms with E-state index in [0.717, 1.165) is 5.57 Å². The second kappa shape index (κ2) is 10.6. The standard InChI is InChI=1S/C45H31N/c1-30-37-25-23-32-15-8-9-20-38(32)45(37)41(31-13-4-2-5-14-31)29-40(30)35-17-12-16-33(27-35)34-24-26-44-42(28-34)39-21-10-11-22-43(39)46(44)36-18-6-3-7-19-36/h2-29,40H,1H2. The van der Waals surface area contributed by atoms with Crippen molar-refractivity contribution in [3.05, 3.63) is 199 Å². The molecular formula is C45H31N. The van der Waals surface area contributed by atoms with E-state index in [2.05, 4.69) is 174 Å². The number of benzene rings is 7. The minimum atomic E-state index is 0.0625. The Labute approximate surface area is 269 Å². The number of allylic oxidation sites excluding steroid dienone is 2. The van der Waals surface area contributed by atoms with Crippen molar-refractivity contribution in [3.8, 4) is 16.8 Å². The summed E-state index contributed by atoms with van der Waals surface area (Å²) in [7, 11) is 0. The molecule has 1 aliphatic rings. The molecule has 0 saturated heterocycles. The van der Waals surface area contributed by atoms with Crippen LogP contribution in [0.4, 0.5) is 0 Å². The molecule has 0 saturated carbocycles. The van der Waals surface area contributed by atoms with E-state index in [1.807, 2.05) is 0 Å². The summed E-state index contributed by atoms with van der Waals surface area (Å²) in [4.78, 5) is 0. The topological polar surface area (TPSA) is 4.93 Å². The summed E-state index contributed by atoms with van der Waals surface area (Å²) in [5.41, 5.74) is 13.4. The zero-order valence-electron chi connectivity index (χ0n) is 25.4. The molecule has 1 atom stereocenters. The number of hydrogen-bond acceptors (Lipinski definition) is 0. The molecule has 1 unspecified atom stereocenters. The van der Waals surface area contributed by atoms with Gasteiger partial charge >= 0.3 is 0 Å². The van der Waals surface area contributed by atoms with Gasteiger partial charge in [-0.25, -0.2) is 0 Å². The molecule has 0 N–H and O–H groups in total. The number of para-hydroxylation sites is 2. The molecule has 1 heteroatoms. The highest BCUT2D eigenvalue weighted by Crippen LogP contribution is 2.47. The summed E-state index contributed by atoms with van der Waals surface area (Å²) in [5.74, 6) is 0.0625. The van der Waals surface area contributed by atoms with E-state index in [0.29, 0.717) is 0 Å². The second-order valence-electron chi connectivity index (χ2n) is 12.2. The van der Waals surface area contributed by atoms with Crippen LogP contribution in [0, 0.1) is 0 Å². The maximum Gasteiger partial charge on any atom is 0.0541 e. The van der Waals surface area contributed by atoms with Crippen LogP contribution in [-0.4, -0.2) is 4.57 Å². The van der Waals surface area contributed by atoms with E-state index in [1.165, 1.54) is 77.2 Å². The Morgan fingerprint density at radius 1 is 0.478 bits per heavy atom. The number of aromatic nitrogens is 1. The monoisotopic (exact) mass is 585 g/mol. The van der Waals surface area contributed by atoms with Crippen molar-refractivity contribution < 1.29 is 0 Å². The van der Waals surface area contributed by atoms with Crippen molar-refractivity contribution >= 4 is 43.7 Å². The molecular weight excluding hydrogens is 555 g/mol. The van der Waals surface area contributed by atoms with Gasteiger partial charge in [-0.15, -0.1) is 0 Å². The van der Waals surface area contributed by atoms with Crippen LogP contribution in [-0.2, 0) is 0 Å². The summed E-state index contributed by atoms with van der Waals surface area (Å²) in [6.45, 7) is 4.71. The third kappa shape index (κ3) is 4.17. The average Bonchev–Trinajstić information content (AvgIpc) is 3.46. The normalized spacial score (nSPS) is 14.5. The highest BCUT2D eigenvalue weighted by atomic mass is 15.0. The Morgan fingerprint density at radius 3 is 2.00 bits per heavy atom. The zero-order valence-corrected chi connectivity index (χ0v) is 25.4. The highest BCUT2D eigenvalue weighted by molar-refractivity contribution is 6.10. The summed E-state index contributed by atoms with van der Waals surface area (Å²) >= 11 is 0. The van der Waals surface area contributed by atoms with Gasteiger partial charge in [-0.2, -0.15) is 0 Å². The molecule has 0 amide bonds. The maximum atomic E-state index is 4.71. The zero-order chi connectivity index (χ0) is 30.6. The van der Waals surface area contributed by atoms with Crippen molar-refractivity contribution in [2.24, 2.45) is 0 Å². The number of rotatable bonds is 4. The molecule has 216 valence electrons. The van der Waals surface area contributed by atoms with Crippen molar-refractivity contribution in [2.75, 3.05) is 0 Å². The lowest BCUT2D eigenvalue weighted by molar-refractivity contribution is 1.09. The van der Waals surface area contributed by atoms with E-state index in [-0.39, 0.29) is 5.92 Å². The fourth-order valence-electron chi connectivity index (χ4n) is 7.42.